The summed E-state index contributed by atoms with van der Waals surface area (Å²) in [6.07, 6.45) is 1.99. The molecule has 0 bridgehead atoms. The summed E-state index contributed by atoms with van der Waals surface area (Å²) in [5.41, 5.74) is 2.19. The molecule has 0 radical (unpaired) electrons. The fourth-order valence-corrected chi connectivity index (χ4v) is 3.14. The number of carbonyl (C=O) groups is 2. The summed E-state index contributed by atoms with van der Waals surface area (Å²) >= 11 is 0. The lowest BCUT2D eigenvalue weighted by Crippen LogP contribution is -2.36. The van der Waals surface area contributed by atoms with Gasteiger partial charge < -0.3 is 24.8 Å². The first-order valence-corrected chi connectivity index (χ1v) is 9.57. The quantitative estimate of drug-likeness (QED) is 0.603. The lowest BCUT2D eigenvalue weighted by Gasteiger charge is -2.27. The summed E-state index contributed by atoms with van der Waals surface area (Å²) in [5.74, 6) is -3.62. The van der Waals surface area contributed by atoms with Crippen LogP contribution >= 0.6 is 0 Å². The van der Waals surface area contributed by atoms with Gasteiger partial charge in [-0.15, -0.1) is 0 Å². The van der Waals surface area contributed by atoms with Gasteiger partial charge >= 0.3 is 18.1 Å². The molecule has 1 saturated heterocycles. The Labute approximate surface area is 176 Å². The molecule has 2 aromatic rings. The average Bonchev–Trinajstić information content (AvgIpc) is 3.27. The monoisotopic (exact) mass is 443 g/mol. The molecule has 1 aromatic heterocycles. The van der Waals surface area contributed by atoms with Crippen LogP contribution in [0.25, 0.3) is 5.69 Å². The van der Waals surface area contributed by atoms with E-state index in [0.717, 1.165) is 24.1 Å². The van der Waals surface area contributed by atoms with Gasteiger partial charge in [-0.2, -0.15) is 13.2 Å². The van der Waals surface area contributed by atoms with Crippen LogP contribution in [0.1, 0.15) is 18.4 Å². The summed E-state index contributed by atoms with van der Waals surface area (Å²) in [5, 5.41) is 19.9. The molecule has 8 nitrogen and oxygen atoms in total. The smallest absolute Gasteiger partial charge is 0.481 e. The van der Waals surface area contributed by atoms with E-state index in [2.05, 4.69) is 10.3 Å². The molecule has 3 rings (SSSR count). The Balaban J connectivity index is 0.000000423. The highest BCUT2D eigenvalue weighted by Gasteiger charge is 2.38. The van der Waals surface area contributed by atoms with Gasteiger partial charge in [0, 0.05) is 44.4 Å². The molecule has 0 amide bonds. The fourth-order valence-electron chi connectivity index (χ4n) is 3.14. The minimum absolute atomic E-state index is 0.201. The Morgan fingerprint density at radius 3 is 2.29 bits per heavy atom. The van der Waals surface area contributed by atoms with E-state index in [9.17, 15) is 23.1 Å². The maximum Gasteiger partial charge on any atom is 0.490 e. The molecule has 1 fully saturated rings. The number of hydrogen-bond acceptors (Lipinski definition) is 5. The first-order chi connectivity index (χ1) is 14.7. The Morgan fingerprint density at radius 1 is 1.19 bits per heavy atom. The van der Waals surface area contributed by atoms with Gasteiger partial charge in [0.1, 0.15) is 0 Å². The number of rotatable bonds is 7. The highest BCUT2D eigenvalue weighted by Crippen LogP contribution is 2.24. The molecule has 0 aliphatic carbocycles. The second-order valence-electron chi connectivity index (χ2n) is 6.96. The predicted molar refractivity (Wildman–Crippen MR) is 104 cm³/mol. The lowest BCUT2D eigenvalue weighted by atomic mass is 9.86. The second kappa shape index (κ2) is 11.5. The fraction of sp³-hybridized carbons (Fsp3) is 0.450. The molecule has 1 aromatic carbocycles. The predicted octanol–water partition coefficient (Wildman–Crippen LogP) is 2.72. The largest absolute Gasteiger partial charge is 0.490 e. The summed E-state index contributed by atoms with van der Waals surface area (Å²) in [6.45, 7) is 2.49. The lowest BCUT2D eigenvalue weighted by molar-refractivity contribution is -0.192. The van der Waals surface area contributed by atoms with Crippen LogP contribution < -0.4 is 5.32 Å². The zero-order valence-corrected chi connectivity index (χ0v) is 16.6. The molecule has 170 valence electrons. The Hall–Kier alpha value is -2.92. The number of imidazole rings is 1. The van der Waals surface area contributed by atoms with Crippen LogP contribution in [-0.2, 0) is 20.9 Å². The number of benzene rings is 1. The SMILES string of the molecule is O=C(O)C(CNCc1ccc(-n2ccnc2)cc1)C1CCOCC1.O=C(O)C(F)(F)F. The third-order valence-electron chi connectivity index (χ3n) is 4.83. The van der Waals surface area contributed by atoms with E-state index in [1.165, 1.54) is 0 Å². The number of carboxylic acids is 2. The first-order valence-electron chi connectivity index (χ1n) is 9.57. The molecular formula is C20H24F3N3O5. The minimum atomic E-state index is -5.08. The molecule has 1 atom stereocenters. The van der Waals surface area contributed by atoms with Crippen molar-refractivity contribution in [3.05, 3.63) is 48.5 Å². The normalized spacial score (nSPS) is 15.6. The van der Waals surface area contributed by atoms with Gasteiger partial charge in [-0.1, -0.05) is 12.1 Å². The number of nitrogens with one attached hydrogen (secondary N) is 1. The zero-order valence-electron chi connectivity index (χ0n) is 16.6. The van der Waals surface area contributed by atoms with Gasteiger partial charge in [-0.05, 0) is 36.5 Å². The molecule has 11 heteroatoms. The third kappa shape index (κ3) is 8.02. The van der Waals surface area contributed by atoms with Crippen molar-refractivity contribution >= 4 is 11.9 Å². The molecule has 1 aliphatic heterocycles. The third-order valence-corrected chi connectivity index (χ3v) is 4.83. The second-order valence-corrected chi connectivity index (χ2v) is 6.96. The standard InChI is InChI=1S/C18H23N3O3.C2HF3O2/c22-18(23)17(15-5-9-24-10-6-15)12-20-11-14-1-3-16(4-2-14)21-8-7-19-13-21;3-2(4,5)1(6)7/h1-4,7-8,13,15,17,20H,5-6,9-12H2,(H,22,23);(H,6,7). The Bertz CT molecular complexity index is 820. The summed E-state index contributed by atoms with van der Waals surface area (Å²) < 4.78 is 39.0. The summed E-state index contributed by atoms with van der Waals surface area (Å²) in [7, 11) is 0. The Kier molecular flexibility index (Phi) is 9.01. The van der Waals surface area contributed by atoms with Crippen LogP contribution in [0.3, 0.4) is 0 Å². The van der Waals surface area contributed by atoms with Crippen molar-refractivity contribution in [2.45, 2.75) is 25.6 Å². The number of nitrogens with zero attached hydrogens (tertiary/aromatic N) is 2. The van der Waals surface area contributed by atoms with Crippen LogP contribution in [0.15, 0.2) is 43.0 Å². The minimum Gasteiger partial charge on any atom is -0.481 e. The van der Waals surface area contributed by atoms with Gasteiger partial charge in [0.2, 0.25) is 0 Å². The molecule has 2 heterocycles. The van der Waals surface area contributed by atoms with Gasteiger partial charge in [0.25, 0.3) is 0 Å². The average molecular weight is 443 g/mol. The van der Waals surface area contributed by atoms with E-state index >= 15 is 0 Å². The van der Waals surface area contributed by atoms with Crippen molar-refractivity contribution in [1.82, 2.24) is 14.9 Å². The van der Waals surface area contributed by atoms with E-state index in [1.807, 2.05) is 35.0 Å². The molecular weight excluding hydrogens is 419 g/mol. The van der Waals surface area contributed by atoms with E-state index in [-0.39, 0.29) is 11.8 Å². The molecule has 0 saturated carbocycles. The maximum absolute atomic E-state index is 11.5. The summed E-state index contributed by atoms with van der Waals surface area (Å²) in [4.78, 5) is 24.5. The molecule has 0 spiro atoms. The maximum atomic E-state index is 11.5. The van der Waals surface area contributed by atoms with E-state index < -0.39 is 18.1 Å². The molecule has 1 aliphatic rings. The van der Waals surface area contributed by atoms with Crippen molar-refractivity contribution in [2.24, 2.45) is 11.8 Å². The number of carboxylic acid groups (broad SMARTS) is 2. The number of ether oxygens (including phenoxy) is 1. The van der Waals surface area contributed by atoms with Gasteiger partial charge in [0.15, 0.2) is 0 Å². The van der Waals surface area contributed by atoms with Gasteiger partial charge in [-0.25, -0.2) is 9.78 Å². The van der Waals surface area contributed by atoms with Crippen LogP contribution in [0.2, 0.25) is 0 Å². The highest BCUT2D eigenvalue weighted by molar-refractivity contribution is 5.73. The number of hydrogen-bond donors (Lipinski definition) is 3. The number of alkyl halides is 3. The van der Waals surface area contributed by atoms with E-state index in [1.54, 1.807) is 12.5 Å². The van der Waals surface area contributed by atoms with Crippen LogP contribution in [0.5, 0.6) is 0 Å². The van der Waals surface area contributed by atoms with Crippen LogP contribution in [0, 0.1) is 11.8 Å². The van der Waals surface area contributed by atoms with Crippen LogP contribution in [0.4, 0.5) is 13.2 Å². The van der Waals surface area contributed by atoms with Crippen LogP contribution in [-0.4, -0.2) is 57.6 Å². The topological polar surface area (TPSA) is 114 Å². The van der Waals surface area contributed by atoms with E-state index in [0.29, 0.717) is 26.3 Å². The van der Waals surface area contributed by atoms with Crippen molar-refractivity contribution in [3.63, 3.8) is 0 Å². The first kappa shape index (κ1) is 24.4. The van der Waals surface area contributed by atoms with E-state index in [4.69, 9.17) is 14.6 Å². The molecule has 31 heavy (non-hydrogen) atoms. The van der Waals surface area contributed by atoms with Crippen molar-refractivity contribution in [1.29, 1.82) is 0 Å². The Morgan fingerprint density at radius 2 is 1.81 bits per heavy atom. The molecule has 1 unspecified atom stereocenters. The summed E-state index contributed by atoms with van der Waals surface area (Å²) in [6, 6.07) is 8.16. The molecule has 3 N–H and O–H groups in total. The van der Waals surface area contributed by atoms with Crippen molar-refractivity contribution in [3.8, 4) is 5.69 Å². The zero-order chi connectivity index (χ0) is 22.9. The number of halogens is 3. The van der Waals surface area contributed by atoms with Gasteiger partial charge in [0.05, 0.1) is 12.2 Å². The number of aliphatic carboxylic acids is 2. The highest BCUT2D eigenvalue weighted by atomic mass is 19.4. The number of aromatic nitrogens is 2. The van der Waals surface area contributed by atoms with Crippen molar-refractivity contribution < 1.29 is 37.7 Å². The van der Waals surface area contributed by atoms with Gasteiger partial charge in [-0.3, -0.25) is 4.79 Å². The van der Waals surface area contributed by atoms with Crippen molar-refractivity contribution in [2.75, 3.05) is 19.8 Å².